The number of ketones is 1. The molecule has 0 saturated carbocycles. The lowest BCUT2D eigenvalue weighted by atomic mass is 10.1. The predicted molar refractivity (Wildman–Crippen MR) is 80.0 cm³/mol. The number of carbonyl (C=O) groups excluding carboxylic acids is 1. The maximum absolute atomic E-state index is 11.3. The molecule has 0 aliphatic heterocycles. The van der Waals surface area contributed by atoms with Gasteiger partial charge in [-0.05, 0) is 49.2 Å². The highest BCUT2D eigenvalue weighted by Crippen LogP contribution is 2.22. The van der Waals surface area contributed by atoms with Crippen molar-refractivity contribution >= 4 is 22.8 Å². The van der Waals surface area contributed by atoms with E-state index in [1.165, 1.54) is 12.5 Å². The quantitative estimate of drug-likeness (QED) is 0.645. The molecule has 2 aromatic carbocycles. The number of carbonyl (C=O) groups is 1. The minimum atomic E-state index is -0.0166. The molecule has 0 unspecified atom stereocenters. The molecule has 0 aromatic heterocycles. The summed E-state index contributed by atoms with van der Waals surface area (Å²) < 4.78 is 0. The topological polar surface area (TPSA) is 55.1 Å². The highest BCUT2D eigenvalue weighted by atomic mass is 16.1. The van der Waals surface area contributed by atoms with Crippen LogP contribution in [-0.4, -0.2) is 5.78 Å². The Morgan fingerprint density at radius 2 is 1.89 bits per heavy atom. The van der Waals surface area contributed by atoms with Gasteiger partial charge in [-0.15, -0.1) is 0 Å². The van der Waals surface area contributed by atoms with Gasteiger partial charge in [-0.3, -0.25) is 4.79 Å². The molecule has 0 bridgehead atoms. The molecule has 0 aliphatic carbocycles. The lowest BCUT2D eigenvalue weighted by Crippen LogP contribution is -2.00. The van der Waals surface area contributed by atoms with Crippen LogP contribution >= 0.6 is 0 Å². The zero-order chi connectivity index (χ0) is 13.8. The fourth-order valence-electron chi connectivity index (χ4n) is 2.00. The van der Waals surface area contributed by atoms with Gasteiger partial charge in [0.2, 0.25) is 0 Å². The van der Waals surface area contributed by atoms with Gasteiger partial charge in [0.05, 0.1) is 0 Å². The van der Waals surface area contributed by atoms with Crippen molar-refractivity contribution in [3.8, 4) is 0 Å². The van der Waals surface area contributed by atoms with Crippen LogP contribution in [0.2, 0.25) is 0 Å². The molecule has 0 amide bonds. The molecule has 3 N–H and O–H groups in total. The predicted octanol–water partition coefficient (Wildman–Crippen LogP) is 3.78. The maximum Gasteiger partial charge on any atom is 0.161 e. The Bertz CT molecular complexity index is 605. The van der Waals surface area contributed by atoms with Crippen molar-refractivity contribution in [1.82, 2.24) is 0 Å². The molecule has 2 aromatic rings. The van der Waals surface area contributed by atoms with E-state index < -0.39 is 0 Å². The minimum Gasteiger partial charge on any atom is -0.398 e. The molecule has 0 fully saturated rings. The van der Waals surface area contributed by atoms with Crippen LogP contribution in [0.25, 0.3) is 0 Å². The third-order valence-electron chi connectivity index (χ3n) is 3.05. The molecule has 3 nitrogen and oxygen atoms in total. The van der Waals surface area contributed by atoms with E-state index in [2.05, 4.69) is 24.4 Å². The SMILES string of the molecule is CCc1cccc(Nc2ccc(C(C)=O)c(N)c2)c1. The first-order chi connectivity index (χ1) is 9.10. The number of aryl methyl sites for hydroxylation is 1. The highest BCUT2D eigenvalue weighted by molar-refractivity contribution is 5.99. The number of anilines is 3. The van der Waals surface area contributed by atoms with Crippen LogP contribution in [0.15, 0.2) is 42.5 Å². The van der Waals surface area contributed by atoms with Crippen LogP contribution in [0, 0.1) is 0 Å². The average Bonchev–Trinajstić information content (AvgIpc) is 2.38. The smallest absolute Gasteiger partial charge is 0.161 e. The number of hydrogen-bond donors (Lipinski definition) is 2. The average molecular weight is 254 g/mol. The van der Waals surface area contributed by atoms with Gasteiger partial charge >= 0.3 is 0 Å². The molecule has 0 radical (unpaired) electrons. The van der Waals surface area contributed by atoms with Crippen molar-refractivity contribution in [3.05, 3.63) is 53.6 Å². The first kappa shape index (κ1) is 13.1. The van der Waals surface area contributed by atoms with Crippen molar-refractivity contribution < 1.29 is 4.79 Å². The second-order valence-corrected chi connectivity index (χ2v) is 4.54. The molecule has 19 heavy (non-hydrogen) atoms. The van der Waals surface area contributed by atoms with Crippen molar-refractivity contribution in [2.45, 2.75) is 20.3 Å². The Labute approximate surface area is 113 Å². The zero-order valence-electron chi connectivity index (χ0n) is 11.2. The van der Waals surface area contributed by atoms with Crippen LogP contribution in [-0.2, 0) is 6.42 Å². The Hall–Kier alpha value is -2.29. The van der Waals surface area contributed by atoms with Gasteiger partial charge in [-0.1, -0.05) is 19.1 Å². The monoisotopic (exact) mass is 254 g/mol. The summed E-state index contributed by atoms with van der Waals surface area (Å²) in [5.41, 5.74) is 10.1. The van der Waals surface area contributed by atoms with Gasteiger partial charge in [-0.25, -0.2) is 0 Å². The Morgan fingerprint density at radius 3 is 2.53 bits per heavy atom. The van der Waals surface area contributed by atoms with E-state index in [1.807, 2.05) is 18.2 Å². The fraction of sp³-hybridized carbons (Fsp3) is 0.188. The van der Waals surface area contributed by atoms with Gasteiger partial charge < -0.3 is 11.1 Å². The lowest BCUT2D eigenvalue weighted by molar-refractivity contribution is 0.101. The number of hydrogen-bond acceptors (Lipinski definition) is 3. The van der Waals surface area contributed by atoms with E-state index in [9.17, 15) is 4.79 Å². The van der Waals surface area contributed by atoms with E-state index >= 15 is 0 Å². The summed E-state index contributed by atoms with van der Waals surface area (Å²) in [6.07, 6.45) is 1.00. The Kier molecular flexibility index (Phi) is 3.85. The van der Waals surface area contributed by atoms with Crippen LogP contribution in [0.4, 0.5) is 17.1 Å². The van der Waals surface area contributed by atoms with Gasteiger partial charge in [0.25, 0.3) is 0 Å². The molecule has 3 heteroatoms. The molecule has 0 aliphatic rings. The molecule has 0 spiro atoms. The largest absolute Gasteiger partial charge is 0.398 e. The van der Waals surface area contributed by atoms with E-state index in [1.54, 1.807) is 12.1 Å². The van der Waals surface area contributed by atoms with Crippen molar-refractivity contribution in [2.24, 2.45) is 0 Å². The van der Waals surface area contributed by atoms with Gasteiger partial charge in [0.1, 0.15) is 0 Å². The summed E-state index contributed by atoms with van der Waals surface area (Å²) in [6.45, 7) is 3.64. The molecular weight excluding hydrogens is 236 g/mol. The Balaban J connectivity index is 2.23. The number of nitrogens with one attached hydrogen (secondary N) is 1. The molecule has 0 atom stereocenters. The summed E-state index contributed by atoms with van der Waals surface area (Å²) >= 11 is 0. The van der Waals surface area contributed by atoms with E-state index in [0.29, 0.717) is 11.3 Å². The van der Waals surface area contributed by atoms with Gasteiger partial charge in [0.15, 0.2) is 5.78 Å². The maximum atomic E-state index is 11.3. The lowest BCUT2D eigenvalue weighted by Gasteiger charge is -2.10. The second kappa shape index (κ2) is 5.57. The first-order valence-corrected chi connectivity index (χ1v) is 6.36. The van der Waals surface area contributed by atoms with Crippen molar-refractivity contribution in [2.75, 3.05) is 11.1 Å². The summed E-state index contributed by atoms with van der Waals surface area (Å²) in [6, 6.07) is 13.6. The number of rotatable bonds is 4. The summed E-state index contributed by atoms with van der Waals surface area (Å²) in [4.78, 5) is 11.3. The summed E-state index contributed by atoms with van der Waals surface area (Å²) in [5.74, 6) is -0.0166. The third kappa shape index (κ3) is 3.13. The third-order valence-corrected chi connectivity index (χ3v) is 3.05. The fourth-order valence-corrected chi connectivity index (χ4v) is 2.00. The van der Waals surface area contributed by atoms with E-state index in [0.717, 1.165) is 17.8 Å². The minimum absolute atomic E-state index is 0.0166. The number of nitrogen functional groups attached to an aromatic ring is 1. The van der Waals surface area contributed by atoms with Crippen LogP contribution in [0.1, 0.15) is 29.8 Å². The number of nitrogens with two attached hydrogens (primary N) is 1. The molecule has 2 rings (SSSR count). The van der Waals surface area contributed by atoms with Crippen LogP contribution in [0.3, 0.4) is 0 Å². The number of benzene rings is 2. The zero-order valence-corrected chi connectivity index (χ0v) is 11.2. The molecular formula is C16H18N2O. The first-order valence-electron chi connectivity index (χ1n) is 6.36. The van der Waals surface area contributed by atoms with Crippen LogP contribution in [0.5, 0.6) is 0 Å². The van der Waals surface area contributed by atoms with Crippen molar-refractivity contribution in [3.63, 3.8) is 0 Å². The van der Waals surface area contributed by atoms with E-state index in [4.69, 9.17) is 5.73 Å². The highest BCUT2D eigenvalue weighted by Gasteiger charge is 2.05. The van der Waals surface area contributed by atoms with Crippen molar-refractivity contribution in [1.29, 1.82) is 0 Å². The molecule has 0 heterocycles. The van der Waals surface area contributed by atoms with Gasteiger partial charge in [-0.2, -0.15) is 0 Å². The normalized spacial score (nSPS) is 10.2. The standard InChI is InChI=1S/C16H18N2O/c1-3-12-5-4-6-13(9-12)18-14-7-8-15(11(2)19)16(17)10-14/h4-10,18H,3,17H2,1-2H3. The molecule has 98 valence electrons. The second-order valence-electron chi connectivity index (χ2n) is 4.54. The van der Waals surface area contributed by atoms with Gasteiger partial charge in [0, 0.05) is 22.6 Å². The molecule has 0 saturated heterocycles. The summed E-state index contributed by atoms with van der Waals surface area (Å²) in [7, 11) is 0. The van der Waals surface area contributed by atoms with Crippen LogP contribution < -0.4 is 11.1 Å². The van der Waals surface area contributed by atoms with E-state index in [-0.39, 0.29) is 5.78 Å². The summed E-state index contributed by atoms with van der Waals surface area (Å²) in [5, 5.41) is 3.29. The Morgan fingerprint density at radius 1 is 1.16 bits per heavy atom. The number of Topliss-reactive ketones (excluding diaryl/α,β-unsaturated/α-hetero) is 1.